The summed E-state index contributed by atoms with van der Waals surface area (Å²) in [5.74, 6) is 1.02. The molecule has 25 heavy (non-hydrogen) atoms. The number of benzene rings is 1. The van der Waals surface area contributed by atoms with Crippen molar-refractivity contribution in [3.63, 3.8) is 0 Å². The van der Waals surface area contributed by atoms with E-state index in [-0.39, 0.29) is 0 Å². The largest absolute Gasteiger partial charge is 0.460 e. The number of aromatic nitrogens is 2. The summed E-state index contributed by atoms with van der Waals surface area (Å²) in [7, 11) is 0. The summed E-state index contributed by atoms with van der Waals surface area (Å²) in [6.07, 6.45) is 8.99. The van der Waals surface area contributed by atoms with Crippen molar-refractivity contribution in [1.29, 1.82) is 0 Å². The minimum absolute atomic E-state index is 0.545. The Balaban J connectivity index is 1.57. The molecule has 1 fully saturated rings. The third-order valence-corrected chi connectivity index (χ3v) is 4.90. The predicted molar refractivity (Wildman–Crippen MR) is 98.0 cm³/mol. The second-order valence-electron chi connectivity index (χ2n) is 6.74. The van der Waals surface area contributed by atoms with E-state index in [0.717, 1.165) is 49.5 Å². The second-order valence-corrected chi connectivity index (χ2v) is 6.74. The molecule has 1 aliphatic heterocycles. The third-order valence-electron chi connectivity index (χ3n) is 4.90. The minimum Gasteiger partial charge on any atom is -0.460 e. The quantitative estimate of drug-likeness (QED) is 0.774. The van der Waals surface area contributed by atoms with Gasteiger partial charge in [-0.25, -0.2) is 9.97 Å². The van der Waals surface area contributed by atoms with Gasteiger partial charge in [-0.1, -0.05) is 18.2 Å². The molecular formula is C20H24N4O. The molecule has 130 valence electrons. The summed E-state index contributed by atoms with van der Waals surface area (Å²) >= 11 is 0. The Morgan fingerprint density at radius 2 is 1.96 bits per heavy atom. The first-order valence-electron chi connectivity index (χ1n) is 9.04. The van der Waals surface area contributed by atoms with Gasteiger partial charge in [-0.05, 0) is 44.5 Å². The van der Waals surface area contributed by atoms with E-state index < -0.39 is 0 Å². The zero-order valence-corrected chi connectivity index (χ0v) is 14.4. The van der Waals surface area contributed by atoms with Gasteiger partial charge in [0.1, 0.15) is 17.7 Å². The van der Waals surface area contributed by atoms with Gasteiger partial charge in [0.05, 0.1) is 6.54 Å². The van der Waals surface area contributed by atoms with Crippen LogP contribution in [0.3, 0.4) is 0 Å². The number of hydrogen-bond donors (Lipinski definition) is 1. The third kappa shape index (κ3) is 4.06. The van der Waals surface area contributed by atoms with Gasteiger partial charge in [-0.15, -0.1) is 0 Å². The normalized spacial score (nSPS) is 18.5. The Hall–Kier alpha value is -2.24. The molecule has 1 saturated heterocycles. The van der Waals surface area contributed by atoms with Crippen LogP contribution in [0.1, 0.15) is 30.6 Å². The molecule has 1 aromatic carbocycles. The van der Waals surface area contributed by atoms with Crippen LogP contribution in [0.5, 0.6) is 0 Å². The first-order chi connectivity index (χ1) is 12.4. The number of para-hydroxylation sites is 1. The van der Waals surface area contributed by atoms with Gasteiger partial charge in [0.25, 0.3) is 0 Å². The summed E-state index contributed by atoms with van der Waals surface area (Å²) < 4.78 is 6.07. The lowest BCUT2D eigenvalue weighted by molar-refractivity contribution is 0.153. The molecular weight excluding hydrogens is 312 g/mol. The molecule has 1 N–H and O–H groups in total. The van der Waals surface area contributed by atoms with Crippen molar-refractivity contribution < 1.29 is 4.42 Å². The first-order valence-corrected chi connectivity index (χ1v) is 9.04. The van der Waals surface area contributed by atoms with E-state index in [9.17, 15) is 0 Å². The summed E-state index contributed by atoms with van der Waals surface area (Å²) in [5.41, 5.74) is 2.11. The smallest absolute Gasteiger partial charge is 0.134 e. The average molecular weight is 336 g/mol. The van der Waals surface area contributed by atoms with Crippen LogP contribution < -0.4 is 5.32 Å². The summed E-state index contributed by atoms with van der Waals surface area (Å²) in [4.78, 5) is 10.9. The fourth-order valence-electron chi connectivity index (χ4n) is 3.64. The Morgan fingerprint density at radius 3 is 2.84 bits per heavy atom. The molecule has 0 amide bonds. The molecule has 0 aliphatic carbocycles. The van der Waals surface area contributed by atoms with Gasteiger partial charge in [-0.3, -0.25) is 4.90 Å². The van der Waals surface area contributed by atoms with E-state index in [4.69, 9.17) is 4.42 Å². The number of rotatable bonds is 5. The van der Waals surface area contributed by atoms with Crippen molar-refractivity contribution in [3.8, 4) is 0 Å². The van der Waals surface area contributed by atoms with Crippen molar-refractivity contribution >= 4 is 11.0 Å². The number of nitrogens with zero attached hydrogens (tertiary/aromatic N) is 3. The molecule has 3 heterocycles. The SMILES string of the molecule is c1ccc2oc(CN(Cc3cncnc3)C3CCCNCC3)cc2c1. The van der Waals surface area contributed by atoms with Gasteiger partial charge >= 0.3 is 0 Å². The van der Waals surface area contributed by atoms with Crippen molar-refractivity contribution in [3.05, 3.63) is 60.4 Å². The van der Waals surface area contributed by atoms with Crippen LogP contribution in [0.2, 0.25) is 0 Å². The molecule has 5 heteroatoms. The fraction of sp³-hybridized carbons (Fsp3) is 0.400. The van der Waals surface area contributed by atoms with Gasteiger partial charge in [0, 0.05) is 35.9 Å². The molecule has 0 spiro atoms. The Bertz CT molecular complexity index is 761. The highest BCUT2D eigenvalue weighted by Crippen LogP contribution is 2.24. The van der Waals surface area contributed by atoms with E-state index in [0.29, 0.717) is 6.04 Å². The maximum absolute atomic E-state index is 6.07. The monoisotopic (exact) mass is 336 g/mol. The van der Waals surface area contributed by atoms with Crippen molar-refractivity contribution in [2.24, 2.45) is 0 Å². The second kappa shape index (κ2) is 7.76. The molecule has 1 atom stereocenters. The van der Waals surface area contributed by atoms with Crippen LogP contribution in [-0.2, 0) is 13.1 Å². The highest BCUT2D eigenvalue weighted by atomic mass is 16.3. The van der Waals surface area contributed by atoms with Crippen molar-refractivity contribution in [2.75, 3.05) is 13.1 Å². The average Bonchev–Trinajstić information content (AvgIpc) is 2.86. The van der Waals surface area contributed by atoms with Gasteiger partial charge in [0.15, 0.2) is 0 Å². The molecule has 0 bridgehead atoms. The highest BCUT2D eigenvalue weighted by molar-refractivity contribution is 5.77. The fourth-order valence-corrected chi connectivity index (χ4v) is 3.64. The molecule has 0 radical (unpaired) electrons. The Kier molecular flexibility index (Phi) is 5.04. The van der Waals surface area contributed by atoms with Gasteiger partial charge < -0.3 is 9.73 Å². The Morgan fingerprint density at radius 1 is 1.08 bits per heavy atom. The first kappa shape index (κ1) is 16.2. The molecule has 3 aromatic rings. The van der Waals surface area contributed by atoms with Crippen LogP contribution >= 0.6 is 0 Å². The Labute approximate surface area is 148 Å². The molecule has 2 aromatic heterocycles. The van der Waals surface area contributed by atoms with Crippen LogP contribution in [0.25, 0.3) is 11.0 Å². The standard InChI is InChI=1S/C20H24N4O/c1-2-6-20-17(4-1)10-19(25-20)14-24(13-16-11-22-15-23-12-16)18-5-3-8-21-9-7-18/h1-2,4,6,10-12,15,18,21H,3,5,7-9,13-14H2. The van der Waals surface area contributed by atoms with Crippen LogP contribution in [-0.4, -0.2) is 34.0 Å². The van der Waals surface area contributed by atoms with E-state index >= 15 is 0 Å². The van der Waals surface area contributed by atoms with E-state index in [1.165, 1.54) is 18.2 Å². The van der Waals surface area contributed by atoms with Gasteiger partial charge in [-0.2, -0.15) is 0 Å². The number of fused-ring (bicyclic) bond motifs is 1. The van der Waals surface area contributed by atoms with Crippen LogP contribution in [0.15, 0.2) is 53.5 Å². The van der Waals surface area contributed by atoms with Gasteiger partial charge in [0.2, 0.25) is 0 Å². The molecule has 0 saturated carbocycles. The molecule has 1 aliphatic rings. The number of furan rings is 1. The maximum Gasteiger partial charge on any atom is 0.134 e. The number of nitrogens with one attached hydrogen (secondary N) is 1. The van der Waals surface area contributed by atoms with E-state index in [1.807, 2.05) is 24.5 Å². The minimum atomic E-state index is 0.545. The van der Waals surface area contributed by atoms with E-state index in [2.05, 4.69) is 38.4 Å². The lowest BCUT2D eigenvalue weighted by Gasteiger charge is -2.30. The maximum atomic E-state index is 6.07. The summed E-state index contributed by atoms with van der Waals surface area (Å²) in [6, 6.07) is 10.9. The van der Waals surface area contributed by atoms with Crippen LogP contribution in [0, 0.1) is 0 Å². The van der Waals surface area contributed by atoms with Crippen molar-refractivity contribution in [1.82, 2.24) is 20.2 Å². The molecule has 4 rings (SSSR count). The zero-order chi connectivity index (χ0) is 16.9. The predicted octanol–water partition coefficient (Wildman–Crippen LogP) is 3.37. The van der Waals surface area contributed by atoms with E-state index in [1.54, 1.807) is 6.33 Å². The number of hydrogen-bond acceptors (Lipinski definition) is 5. The molecule has 1 unspecified atom stereocenters. The van der Waals surface area contributed by atoms with Crippen molar-refractivity contribution in [2.45, 2.75) is 38.4 Å². The highest BCUT2D eigenvalue weighted by Gasteiger charge is 2.22. The van der Waals surface area contributed by atoms with Crippen LogP contribution in [0.4, 0.5) is 0 Å². The summed E-state index contributed by atoms with van der Waals surface area (Å²) in [6.45, 7) is 3.85. The lowest BCUT2D eigenvalue weighted by Crippen LogP contribution is -2.35. The summed E-state index contributed by atoms with van der Waals surface area (Å²) in [5, 5.41) is 4.68. The lowest BCUT2D eigenvalue weighted by atomic mass is 10.1. The topological polar surface area (TPSA) is 54.2 Å². The molecule has 5 nitrogen and oxygen atoms in total. The zero-order valence-electron chi connectivity index (χ0n) is 14.4.